The molecule has 5 nitrogen and oxygen atoms in total. The average molecular weight is 251 g/mol. The second kappa shape index (κ2) is 8.02. The van der Waals surface area contributed by atoms with E-state index >= 15 is 0 Å². The van der Waals surface area contributed by atoms with Gasteiger partial charge in [-0.05, 0) is 6.07 Å². The highest BCUT2D eigenvalue weighted by atomic mass is 16.5. The molecule has 0 atom stereocenters. The lowest BCUT2D eigenvalue weighted by Gasteiger charge is -2.26. The summed E-state index contributed by atoms with van der Waals surface area (Å²) in [6.45, 7) is 7.35. The third-order valence-electron chi connectivity index (χ3n) is 2.88. The highest BCUT2D eigenvalue weighted by Crippen LogP contribution is 2.02. The second-order valence-corrected chi connectivity index (χ2v) is 4.22. The number of hydrogen-bond donors (Lipinski definition) is 1. The molecule has 1 aromatic rings. The Kier molecular flexibility index (Phi) is 5.91. The van der Waals surface area contributed by atoms with E-state index in [1.54, 1.807) is 6.20 Å². The first-order chi connectivity index (χ1) is 8.95. The van der Waals surface area contributed by atoms with Crippen molar-refractivity contribution in [3.05, 3.63) is 24.4 Å². The summed E-state index contributed by atoms with van der Waals surface area (Å²) in [7, 11) is 0. The van der Waals surface area contributed by atoms with Crippen LogP contribution < -0.4 is 10.1 Å². The number of ether oxygens (including phenoxy) is 2. The Hall–Kier alpha value is -1.17. The molecular weight excluding hydrogens is 230 g/mol. The van der Waals surface area contributed by atoms with Crippen LogP contribution in [-0.4, -0.2) is 62.4 Å². The number of aromatic nitrogens is 1. The van der Waals surface area contributed by atoms with Gasteiger partial charge in [-0.2, -0.15) is 0 Å². The molecule has 1 aromatic heterocycles. The molecule has 0 saturated carbocycles. The van der Waals surface area contributed by atoms with E-state index < -0.39 is 0 Å². The van der Waals surface area contributed by atoms with Crippen LogP contribution in [-0.2, 0) is 4.74 Å². The largest absolute Gasteiger partial charge is 0.475 e. The predicted molar refractivity (Wildman–Crippen MR) is 69.9 cm³/mol. The Morgan fingerprint density at radius 1 is 1.17 bits per heavy atom. The standard InChI is InChI=1S/C13H21N3O2/c1-2-4-15-13(3-1)18-12-11-17-10-9-16-7-5-14-6-8-16/h1-4,14H,5-12H2. The summed E-state index contributed by atoms with van der Waals surface area (Å²) in [5.74, 6) is 0.656. The van der Waals surface area contributed by atoms with Gasteiger partial charge in [0.1, 0.15) is 6.61 Å². The summed E-state index contributed by atoms with van der Waals surface area (Å²) in [5.41, 5.74) is 0. The van der Waals surface area contributed by atoms with Crippen LogP contribution in [0.1, 0.15) is 0 Å². The molecule has 1 N–H and O–H groups in total. The van der Waals surface area contributed by atoms with Crippen molar-refractivity contribution in [2.24, 2.45) is 0 Å². The minimum atomic E-state index is 0.554. The molecule has 0 bridgehead atoms. The summed E-state index contributed by atoms with van der Waals surface area (Å²) in [4.78, 5) is 6.49. The van der Waals surface area contributed by atoms with Gasteiger partial charge in [0.25, 0.3) is 0 Å². The zero-order valence-electron chi connectivity index (χ0n) is 10.7. The minimum Gasteiger partial charge on any atom is -0.475 e. The van der Waals surface area contributed by atoms with Gasteiger partial charge in [-0.15, -0.1) is 0 Å². The quantitative estimate of drug-likeness (QED) is 0.710. The van der Waals surface area contributed by atoms with Crippen molar-refractivity contribution in [1.29, 1.82) is 0 Å². The van der Waals surface area contributed by atoms with E-state index in [-0.39, 0.29) is 0 Å². The van der Waals surface area contributed by atoms with Gasteiger partial charge in [-0.3, -0.25) is 4.90 Å². The molecule has 2 rings (SSSR count). The first-order valence-corrected chi connectivity index (χ1v) is 6.50. The maximum absolute atomic E-state index is 5.54. The van der Waals surface area contributed by atoms with Gasteiger partial charge < -0.3 is 14.8 Å². The van der Waals surface area contributed by atoms with E-state index in [4.69, 9.17) is 9.47 Å². The fourth-order valence-electron chi connectivity index (χ4n) is 1.87. The van der Waals surface area contributed by atoms with Crippen LogP contribution in [0.2, 0.25) is 0 Å². The van der Waals surface area contributed by atoms with Crippen LogP contribution >= 0.6 is 0 Å². The molecule has 18 heavy (non-hydrogen) atoms. The van der Waals surface area contributed by atoms with Crippen molar-refractivity contribution >= 4 is 0 Å². The van der Waals surface area contributed by atoms with E-state index in [9.17, 15) is 0 Å². The summed E-state index contributed by atoms with van der Waals surface area (Å²) in [5, 5.41) is 3.33. The van der Waals surface area contributed by atoms with Crippen molar-refractivity contribution in [1.82, 2.24) is 15.2 Å². The zero-order chi connectivity index (χ0) is 12.5. The first kappa shape index (κ1) is 13.3. The van der Waals surface area contributed by atoms with Crippen LogP contribution in [0, 0.1) is 0 Å². The third kappa shape index (κ3) is 5.00. The van der Waals surface area contributed by atoms with Crippen LogP contribution in [0.4, 0.5) is 0 Å². The number of nitrogens with zero attached hydrogens (tertiary/aromatic N) is 2. The van der Waals surface area contributed by atoms with Gasteiger partial charge in [-0.25, -0.2) is 4.98 Å². The highest BCUT2D eigenvalue weighted by molar-refractivity contribution is 5.08. The van der Waals surface area contributed by atoms with Crippen molar-refractivity contribution < 1.29 is 9.47 Å². The van der Waals surface area contributed by atoms with Crippen molar-refractivity contribution in [3.8, 4) is 5.88 Å². The molecule has 0 spiro atoms. The number of hydrogen-bond acceptors (Lipinski definition) is 5. The fraction of sp³-hybridized carbons (Fsp3) is 0.615. The van der Waals surface area contributed by atoms with Crippen LogP contribution in [0.15, 0.2) is 24.4 Å². The molecule has 0 aromatic carbocycles. The maximum Gasteiger partial charge on any atom is 0.213 e. The van der Waals surface area contributed by atoms with Crippen molar-refractivity contribution in [2.45, 2.75) is 0 Å². The number of piperazine rings is 1. The predicted octanol–water partition coefficient (Wildman–Crippen LogP) is 0.382. The summed E-state index contributed by atoms with van der Waals surface area (Å²) in [6, 6.07) is 5.63. The third-order valence-corrected chi connectivity index (χ3v) is 2.88. The topological polar surface area (TPSA) is 46.6 Å². The molecule has 1 fully saturated rings. The summed E-state index contributed by atoms with van der Waals surface area (Å²) < 4.78 is 11.0. The Morgan fingerprint density at radius 2 is 2.06 bits per heavy atom. The maximum atomic E-state index is 5.54. The van der Waals surface area contributed by atoms with Gasteiger partial charge >= 0.3 is 0 Å². The number of rotatable bonds is 7. The molecule has 0 aliphatic carbocycles. The summed E-state index contributed by atoms with van der Waals surface area (Å²) in [6.07, 6.45) is 1.72. The van der Waals surface area contributed by atoms with Crippen molar-refractivity contribution in [3.63, 3.8) is 0 Å². The molecule has 100 valence electrons. The van der Waals surface area contributed by atoms with Gasteiger partial charge in [0, 0.05) is 45.0 Å². The fourth-order valence-corrected chi connectivity index (χ4v) is 1.87. The molecule has 0 unspecified atom stereocenters. The zero-order valence-corrected chi connectivity index (χ0v) is 10.7. The second-order valence-electron chi connectivity index (χ2n) is 4.22. The number of nitrogens with one attached hydrogen (secondary N) is 1. The SMILES string of the molecule is c1ccc(OCCOCCN2CCNCC2)nc1. The molecule has 0 radical (unpaired) electrons. The Labute approximate surface area is 108 Å². The van der Waals surface area contributed by atoms with Crippen LogP contribution in [0.5, 0.6) is 5.88 Å². The van der Waals surface area contributed by atoms with Gasteiger partial charge in [0.05, 0.1) is 13.2 Å². The molecule has 1 aliphatic rings. The Morgan fingerprint density at radius 3 is 2.83 bits per heavy atom. The first-order valence-electron chi connectivity index (χ1n) is 6.50. The van der Waals surface area contributed by atoms with E-state index in [1.165, 1.54) is 0 Å². The summed E-state index contributed by atoms with van der Waals surface area (Å²) >= 11 is 0. The van der Waals surface area contributed by atoms with Gasteiger partial charge in [0.2, 0.25) is 5.88 Å². The minimum absolute atomic E-state index is 0.554. The van der Waals surface area contributed by atoms with Crippen LogP contribution in [0.25, 0.3) is 0 Å². The van der Waals surface area contributed by atoms with Gasteiger partial charge in [-0.1, -0.05) is 6.07 Å². The molecule has 5 heteroatoms. The van der Waals surface area contributed by atoms with E-state index in [0.717, 1.165) is 39.3 Å². The smallest absolute Gasteiger partial charge is 0.213 e. The molecule has 0 amide bonds. The number of pyridine rings is 1. The lowest BCUT2D eigenvalue weighted by Crippen LogP contribution is -2.44. The van der Waals surface area contributed by atoms with E-state index in [1.807, 2.05) is 18.2 Å². The van der Waals surface area contributed by atoms with Crippen molar-refractivity contribution in [2.75, 3.05) is 52.5 Å². The normalized spacial score (nSPS) is 16.7. The van der Waals surface area contributed by atoms with E-state index in [0.29, 0.717) is 19.1 Å². The monoisotopic (exact) mass is 251 g/mol. The Balaban J connectivity index is 1.46. The lowest BCUT2D eigenvalue weighted by molar-refractivity contribution is 0.0757. The molecular formula is C13H21N3O2. The Bertz CT molecular complexity index is 315. The molecule has 1 saturated heterocycles. The molecule has 1 aliphatic heterocycles. The highest BCUT2D eigenvalue weighted by Gasteiger charge is 2.08. The molecule has 2 heterocycles. The van der Waals surface area contributed by atoms with Gasteiger partial charge in [0.15, 0.2) is 0 Å². The average Bonchev–Trinajstić information content (AvgIpc) is 2.45. The lowest BCUT2D eigenvalue weighted by atomic mass is 10.4. The van der Waals surface area contributed by atoms with Crippen LogP contribution in [0.3, 0.4) is 0 Å². The van der Waals surface area contributed by atoms with E-state index in [2.05, 4.69) is 15.2 Å².